The van der Waals surface area contributed by atoms with Gasteiger partial charge in [0.25, 0.3) is 0 Å². The van der Waals surface area contributed by atoms with Crippen LogP contribution in [-0.4, -0.2) is 16.6 Å². The van der Waals surface area contributed by atoms with Gasteiger partial charge in [0.15, 0.2) is 0 Å². The summed E-state index contributed by atoms with van der Waals surface area (Å²) in [4.78, 5) is 8.35. The minimum absolute atomic E-state index is 0.375. The topological polar surface area (TPSA) is 48.2 Å². The minimum atomic E-state index is 0.375. The molecule has 4 aromatic rings. The van der Waals surface area contributed by atoms with Gasteiger partial charge in [0, 0.05) is 11.1 Å². The lowest BCUT2D eigenvalue weighted by Gasteiger charge is -2.06. The van der Waals surface area contributed by atoms with Crippen LogP contribution in [0.4, 0.5) is 0 Å². The molecule has 0 aliphatic rings. The van der Waals surface area contributed by atoms with E-state index >= 15 is 0 Å². The van der Waals surface area contributed by atoms with E-state index in [1.165, 1.54) is 6.33 Å². The van der Waals surface area contributed by atoms with Crippen LogP contribution in [0.1, 0.15) is 6.92 Å². The van der Waals surface area contributed by atoms with Gasteiger partial charge in [-0.3, -0.25) is 0 Å². The lowest BCUT2D eigenvalue weighted by Crippen LogP contribution is -1.91. The smallest absolute Gasteiger partial charge is 0.231 e. The standard InChI is InChI=1S/C20H15ClN2O2/c1-2-24-15-10-8-13(9-11-15)16-17-19(21)22-12-23-20(17)25-18(16)14-6-4-3-5-7-14/h3-12H,2H2,1H3. The maximum atomic E-state index is 6.36. The Kier molecular flexibility index (Phi) is 4.12. The molecule has 0 fully saturated rings. The van der Waals surface area contributed by atoms with E-state index in [0.717, 1.165) is 28.2 Å². The second kappa shape index (κ2) is 6.57. The van der Waals surface area contributed by atoms with E-state index < -0.39 is 0 Å². The average molecular weight is 351 g/mol. The first kappa shape index (κ1) is 15.7. The summed E-state index contributed by atoms with van der Waals surface area (Å²) in [5.41, 5.74) is 3.29. The molecule has 25 heavy (non-hydrogen) atoms. The van der Waals surface area contributed by atoms with Crippen molar-refractivity contribution in [3.63, 3.8) is 0 Å². The number of hydrogen-bond donors (Lipinski definition) is 0. The maximum Gasteiger partial charge on any atom is 0.231 e. The van der Waals surface area contributed by atoms with Crippen LogP contribution in [0.15, 0.2) is 65.3 Å². The third-order valence-electron chi connectivity index (χ3n) is 3.93. The van der Waals surface area contributed by atoms with Crippen molar-refractivity contribution in [2.45, 2.75) is 6.92 Å². The van der Waals surface area contributed by atoms with Crippen molar-refractivity contribution in [3.8, 4) is 28.2 Å². The van der Waals surface area contributed by atoms with E-state index in [4.69, 9.17) is 20.8 Å². The Morgan fingerprint density at radius 1 is 0.960 bits per heavy atom. The molecule has 0 aliphatic heterocycles. The summed E-state index contributed by atoms with van der Waals surface area (Å²) in [5, 5.41) is 1.09. The molecule has 0 aliphatic carbocycles. The van der Waals surface area contributed by atoms with E-state index in [1.807, 2.05) is 61.5 Å². The third kappa shape index (κ3) is 2.85. The van der Waals surface area contributed by atoms with Gasteiger partial charge in [-0.25, -0.2) is 9.97 Å². The zero-order valence-electron chi connectivity index (χ0n) is 13.6. The molecule has 2 heterocycles. The zero-order valence-corrected chi connectivity index (χ0v) is 14.3. The number of halogens is 1. The van der Waals surface area contributed by atoms with Gasteiger partial charge in [0.2, 0.25) is 5.71 Å². The van der Waals surface area contributed by atoms with Gasteiger partial charge in [-0.2, -0.15) is 0 Å². The van der Waals surface area contributed by atoms with E-state index in [1.54, 1.807) is 0 Å². The van der Waals surface area contributed by atoms with Crippen LogP contribution < -0.4 is 4.74 Å². The molecule has 4 rings (SSSR count). The van der Waals surface area contributed by atoms with Crippen LogP contribution in [0.5, 0.6) is 5.75 Å². The summed E-state index contributed by atoms with van der Waals surface area (Å²) in [6, 6.07) is 17.8. The summed E-state index contributed by atoms with van der Waals surface area (Å²) >= 11 is 6.36. The van der Waals surface area contributed by atoms with Crippen LogP contribution in [-0.2, 0) is 0 Å². The molecule has 0 spiro atoms. The molecule has 0 amide bonds. The zero-order chi connectivity index (χ0) is 17.2. The van der Waals surface area contributed by atoms with Crippen molar-refractivity contribution >= 4 is 22.7 Å². The predicted molar refractivity (Wildman–Crippen MR) is 98.9 cm³/mol. The molecule has 0 saturated carbocycles. The largest absolute Gasteiger partial charge is 0.494 e. The summed E-state index contributed by atoms with van der Waals surface area (Å²) in [5.74, 6) is 1.55. The molecule has 2 aromatic heterocycles. The molecule has 0 unspecified atom stereocenters. The van der Waals surface area contributed by atoms with Crippen molar-refractivity contribution in [1.29, 1.82) is 0 Å². The molecule has 0 bridgehead atoms. The SMILES string of the molecule is CCOc1ccc(-c2c(-c3ccccc3)oc3ncnc(Cl)c23)cc1. The van der Waals surface area contributed by atoms with E-state index in [2.05, 4.69) is 9.97 Å². The molecular weight excluding hydrogens is 336 g/mol. The van der Waals surface area contributed by atoms with Crippen LogP contribution in [0.25, 0.3) is 33.6 Å². The number of furan rings is 1. The van der Waals surface area contributed by atoms with Gasteiger partial charge < -0.3 is 9.15 Å². The molecule has 124 valence electrons. The first-order valence-electron chi connectivity index (χ1n) is 7.99. The van der Waals surface area contributed by atoms with E-state index in [9.17, 15) is 0 Å². The number of benzene rings is 2. The van der Waals surface area contributed by atoms with Crippen molar-refractivity contribution in [2.75, 3.05) is 6.61 Å². The number of ether oxygens (including phenoxy) is 1. The van der Waals surface area contributed by atoms with Crippen LogP contribution in [0, 0.1) is 0 Å². The first-order valence-corrected chi connectivity index (χ1v) is 8.37. The normalized spacial score (nSPS) is 11.0. The van der Waals surface area contributed by atoms with Crippen molar-refractivity contribution in [1.82, 2.24) is 9.97 Å². The van der Waals surface area contributed by atoms with Gasteiger partial charge in [-0.1, -0.05) is 54.1 Å². The Balaban J connectivity index is 1.97. The monoisotopic (exact) mass is 350 g/mol. The van der Waals surface area contributed by atoms with Crippen molar-refractivity contribution in [3.05, 3.63) is 66.1 Å². The highest BCUT2D eigenvalue weighted by Gasteiger charge is 2.21. The number of fused-ring (bicyclic) bond motifs is 1. The van der Waals surface area contributed by atoms with Crippen LogP contribution in [0.2, 0.25) is 5.15 Å². The summed E-state index contributed by atoms with van der Waals surface area (Å²) in [6.45, 7) is 2.59. The van der Waals surface area contributed by atoms with Crippen LogP contribution in [0.3, 0.4) is 0 Å². The maximum absolute atomic E-state index is 6.36. The van der Waals surface area contributed by atoms with E-state index in [0.29, 0.717) is 22.9 Å². The summed E-state index contributed by atoms with van der Waals surface area (Å²) < 4.78 is 11.6. The quantitative estimate of drug-likeness (QED) is 0.449. The third-order valence-corrected chi connectivity index (χ3v) is 4.22. The summed E-state index contributed by atoms with van der Waals surface area (Å²) in [7, 11) is 0. The second-order valence-corrected chi connectivity index (χ2v) is 5.83. The molecule has 0 N–H and O–H groups in total. The Morgan fingerprint density at radius 3 is 2.44 bits per heavy atom. The molecule has 4 nitrogen and oxygen atoms in total. The number of aromatic nitrogens is 2. The number of nitrogens with zero attached hydrogens (tertiary/aromatic N) is 2. The fraction of sp³-hybridized carbons (Fsp3) is 0.100. The Hall–Kier alpha value is -2.85. The van der Waals surface area contributed by atoms with Gasteiger partial charge in [0.1, 0.15) is 23.0 Å². The fourth-order valence-electron chi connectivity index (χ4n) is 2.85. The lowest BCUT2D eigenvalue weighted by molar-refractivity contribution is 0.340. The molecule has 5 heteroatoms. The van der Waals surface area contributed by atoms with Crippen molar-refractivity contribution < 1.29 is 9.15 Å². The molecule has 0 radical (unpaired) electrons. The number of rotatable bonds is 4. The molecular formula is C20H15ClN2O2. The number of hydrogen-bond acceptors (Lipinski definition) is 4. The fourth-order valence-corrected chi connectivity index (χ4v) is 3.07. The molecule has 2 aromatic carbocycles. The van der Waals surface area contributed by atoms with Gasteiger partial charge >= 0.3 is 0 Å². The van der Waals surface area contributed by atoms with Crippen molar-refractivity contribution in [2.24, 2.45) is 0 Å². The summed E-state index contributed by atoms with van der Waals surface area (Å²) in [6.07, 6.45) is 1.41. The van der Waals surface area contributed by atoms with Gasteiger partial charge in [0.05, 0.1) is 12.0 Å². The van der Waals surface area contributed by atoms with Gasteiger partial charge in [-0.05, 0) is 24.6 Å². The molecule has 0 saturated heterocycles. The Labute approximate surface area is 150 Å². The first-order chi connectivity index (χ1) is 12.3. The minimum Gasteiger partial charge on any atom is -0.494 e. The molecule has 0 atom stereocenters. The Bertz CT molecular complexity index is 1010. The Morgan fingerprint density at radius 2 is 1.72 bits per heavy atom. The second-order valence-electron chi connectivity index (χ2n) is 5.47. The highest BCUT2D eigenvalue weighted by molar-refractivity contribution is 6.35. The lowest BCUT2D eigenvalue weighted by atomic mass is 10.00. The average Bonchev–Trinajstić information content (AvgIpc) is 3.04. The highest BCUT2D eigenvalue weighted by atomic mass is 35.5. The highest BCUT2D eigenvalue weighted by Crippen LogP contribution is 2.42. The van der Waals surface area contributed by atoms with Crippen LogP contribution >= 0.6 is 11.6 Å². The van der Waals surface area contributed by atoms with Gasteiger partial charge in [-0.15, -0.1) is 0 Å². The van der Waals surface area contributed by atoms with E-state index in [-0.39, 0.29) is 0 Å². The predicted octanol–water partition coefficient (Wildman–Crippen LogP) is 5.61.